The van der Waals surface area contributed by atoms with Gasteiger partial charge in [0, 0.05) is 23.5 Å². The largest absolute Gasteiger partial charge is 0.366 e. The highest BCUT2D eigenvalue weighted by Gasteiger charge is 2.24. The predicted octanol–water partition coefficient (Wildman–Crippen LogP) is 4.19. The Hall–Kier alpha value is -2.54. The molecule has 4 nitrogen and oxygen atoms in total. The second kappa shape index (κ2) is 7.83. The van der Waals surface area contributed by atoms with Crippen LogP contribution in [-0.4, -0.2) is 10.5 Å². The van der Waals surface area contributed by atoms with E-state index in [1.54, 1.807) is 12.1 Å². The molecule has 0 saturated heterocycles. The van der Waals surface area contributed by atoms with Gasteiger partial charge in [0.2, 0.25) is 0 Å². The van der Waals surface area contributed by atoms with Gasteiger partial charge in [0.1, 0.15) is 0 Å². The Morgan fingerprint density at radius 2 is 1.88 bits per heavy atom. The smallest absolute Gasteiger partial charge is 0.251 e. The van der Waals surface area contributed by atoms with E-state index in [9.17, 15) is 4.79 Å². The summed E-state index contributed by atoms with van der Waals surface area (Å²) < 4.78 is 2.25. The van der Waals surface area contributed by atoms with Crippen LogP contribution in [0.15, 0.2) is 24.3 Å². The molecule has 0 fully saturated rings. The van der Waals surface area contributed by atoms with Crippen LogP contribution < -0.4 is 5.73 Å². The summed E-state index contributed by atoms with van der Waals surface area (Å²) in [5.41, 5.74) is 10.9. The highest BCUT2D eigenvalue weighted by Crippen LogP contribution is 2.34. The van der Waals surface area contributed by atoms with Crippen molar-refractivity contribution in [1.82, 2.24) is 4.57 Å². The van der Waals surface area contributed by atoms with Crippen LogP contribution in [0.2, 0.25) is 0 Å². The zero-order valence-corrected chi connectivity index (χ0v) is 14.7. The van der Waals surface area contributed by atoms with Gasteiger partial charge in [0.25, 0.3) is 5.91 Å². The first-order valence-electron chi connectivity index (χ1n) is 8.57. The minimum absolute atomic E-state index is 0.389. The molecular weight excluding hydrogens is 298 g/mol. The SMILES string of the molecule is CCCCn1c(C)c(C(N)=O)c(-c2ccc(C#N)cc2)c1CCC. The van der Waals surface area contributed by atoms with E-state index >= 15 is 0 Å². The highest BCUT2D eigenvalue weighted by molar-refractivity contribution is 6.02. The first-order valence-corrected chi connectivity index (χ1v) is 8.57. The van der Waals surface area contributed by atoms with Gasteiger partial charge in [-0.2, -0.15) is 5.26 Å². The van der Waals surface area contributed by atoms with Gasteiger partial charge in [-0.3, -0.25) is 4.79 Å². The summed E-state index contributed by atoms with van der Waals surface area (Å²) in [6, 6.07) is 9.51. The molecule has 0 spiro atoms. The number of benzene rings is 1. The molecule has 1 amide bonds. The zero-order chi connectivity index (χ0) is 17.7. The number of carbonyl (C=O) groups is 1. The van der Waals surface area contributed by atoms with Crippen LogP contribution in [0.25, 0.3) is 11.1 Å². The van der Waals surface area contributed by atoms with Gasteiger partial charge in [0.05, 0.1) is 17.2 Å². The van der Waals surface area contributed by atoms with Crippen molar-refractivity contribution in [3.05, 3.63) is 46.8 Å². The summed E-state index contributed by atoms with van der Waals surface area (Å²) in [6.07, 6.45) is 4.06. The third-order valence-corrected chi connectivity index (χ3v) is 4.40. The monoisotopic (exact) mass is 323 g/mol. The van der Waals surface area contributed by atoms with Gasteiger partial charge >= 0.3 is 0 Å². The molecule has 0 radical (unpaired) electrons. The van der Waals surface area contributed by atoms with Crippen molar-refractivity contribution < 1.29 is 4.79 Å². The van der Waals surface area contributed by atoms with Gasteiger partial charge in [-0.15, -0.1) is 0 Å². The maximum atomic E-state index is 12.1. The van der Waals surface area contributed by atoms with Gasteiger partial charge in [-0.05, 0) is 37.5 Å². The lowest BCUT2D eigenvalue weighted by molar-refractivity contribution is 0.1000. The van der Waals surface area contributed by atoms with E-state index in [1.807, 2.05) is 19.1 Å². The number of aromatic nitrogens is 1. The van der Waals surface area contributed by atoms with Crippen LogP contribution in [0.3, 0.4) is 0 Å². The summed E-state index contributed by atoms with van der Waals surface area (Å²) in [5, 5.41) is 9.00. The van der Waals surface area contributed by atoms with Crippen LogP contribution in [0.5, 0.6) is 0 Å². The quantitative estimate of drug-likeness (QED) is 0.830. The number of nitrogens with zero attached hydrogens (tertiary/aromatic N) is 2. The van der Waals surface area contributed by atoms with E-state index in [0.717, 1.165) is 49.0 Å². The van der Waals surface area contributed by atoms with Crippen molar-refractivity contribution >= 4 is 5.91 Å². The Bertz CT molecular complexity index is 764. The fourth-order valence-electron chi connectivity index (χ4n) is 3.24. The number of hydrogen-bond acceptors (Lipinski definition) is 2. The second-order valence-electron chi connectivity index (χ2n) is 6.09. The number of unbranched alkanes of at least 4 members (excludes halogenated alkanes) is 1. The normalized spacial score (nSPS) is 10.6. The molecule has 0 bridgehead atoms. The third kappa shape index (κ3) is 3.35. The molecule has 0 aliphatic heterocycles. The third-order valence-electron chi connectivity index (χ3n) is 4.40. The van der Waals surface area contributed by atoms with E-state index in [1.165, 1.54) is 5.69 Å². The number of carbonyl (C=O) groups excluding carboxylic acids is 1. The number of primary amides is 1. The summed E-state index contributed by atoms with van der Waals surface area (Å²) in [4.78, 5) is 12.1. The molecule has 126 valence electrons. The topological polar surface area (TPSA) is 71.8 Å². The average Bonchev–Trinajstić information content (AvgIpc) is 2.85. The van der Waals surface area contributed by atoms with Gasteiger partial charge < -0.3 is 10.3 Å². The lowest BCUT2D eigenvalue weighted by Crippen LogP contribution is -2.13. The van der Waals surface area contributed by atoms with Crippen molar-refractivity contribution in [2.45, 2.75) is 53.0 Å². The Labute approximate surface area is 143 Å². The summed E-state index contributed by atoms with van der Waals surface area (Å²) in [5.74, 6) is -0.389. The van der Waals surface area contributed by atoms with Crippen molar-refractivity contribution in [2.75, 3.05) is 0 Å². The van der Waals surface area contributed by atoms with E-state index in [4.69, 9.17) is 11.0 Å². The van der Waals surface area contributed by atoms with Gasteiger partial charge in [-0.1, -0.05) is 38.8 Å². The van der Waals surface area contributed by atoms with Crippen LogP contribution in [0, 0.1) is 18.3 Å². The summed E-state index contributed by atoms with van der Waals surface area (Å²) >= 11 is 0. The van der Waals surface area contributed by atoms with E-state index in [2.05, 4.69) is 24.5 Å². The molecule has 0 saturated carbocycles. The molecule has 2 rings (SSSR count). The van der Waals surface area contributed by atoms with Crippen LogP contribution >= 0.6 is 0 Å². The van der Waals surface area contributed by atoms with E-state index in [0.29, 0.717) is 11.1 Å². The van der Waals surface area contributed by atoms with Crippen molar-refractivity contribution in [3.8, 4) is 17.2 Å². The fourth-order valence-corrected chi connectivity index (χ4v) is 3.24. The van der Waals surface area contributed by atoms with Crippen LogP contribution in [-0.2, 0) is 13.0 Å². The molecule has 0 aliphatic rings. The van der Waals surface area contributed by atoms with Crippen molar-refractivity contribution in [1.29, 1.82) is 5.26 Å². The molecular formula is C20H25N3O. The molecule has 0 atom stereocenters. The minimum atomic E-state index is -0.389. The van der Waals surface area contributed by atoms with E-state index in [-0.39, 0.29) is 5.91 Å². The minimum Gasteiger partial charge on any atom is -0.366 e. The van der Waals surface area contributed by atoms with Crippen molar-refractivity contribution in [2.24, 2.45) is 5.73 Å². The van der Waals surface area contributed by atoms with Gasteiger partial charge in [-0.25, -0.2) is 0 Å². The number of nitrogens with two attached hydrogens (primary N) is 1. The summed E-state index contributed by atoms with van der Waals surface area (Å²) in [7, 11) is 0. The molecule has 1 aromatic carbocycles. The van der Waals surface area contributed by atoms with Gasteiger partial charge in [0.15, 0.2) is 0 Å². The van der Waals surface area contributed by atoms with Crippen LogP contribution in [0.1, 0.15) is 60.4 Å². The molecule has 4 heteroatoms. The molecule has 2 aromatic rings. The molecule has 0 aliphatic carbocycles. The van der Waals surface area contributed by atoms with Crippen molar-refractivity contribution in [3.63, 3.8) is 0 Å². The molecule has 1 aromatic heterocycles. The molecule has 2 N–H and O–H groups in total. The predicted molar refractivity (Wildman–Crippen MR) is 96.7 cm³/mol. The fraction of sp³-hybridized carbons (Fsp3) is 0.400. The first-order chi connectivity index (χ1) is 11.5. The molecule has 1 heterocycles. The number of hydrogen-bond donors (Lipinski definition) is 1. The standard InChI is InChI=1S/C20H25N3O/c1-4-6-12-23-14(3)18(20(22)24)19(17(23)7-5-2)16-10-8-15(13-21)9-11-16/h8-11H,4-7,12H2,1-3H3,(H2,22,24). The highest BCUT2D eigenvalue weighted by atomic mass is 16.1. The number of nitriles is 1. The van der Waals surface area contributed by atoms with Crippen LogP contribution in [0.4, 0.5) is 0 Å². The number of amides is 1. The zero-order valence-electron chi connectivity index (χ0n) is 14.7. The lowest BCUT2D eigenvalue weighted by atomic mass is 9.97. The summed E-state index contributed by atoms with van der Waals surface area (Å²) in [6.45, 7) is 7.17. The Kier molecular flexibility index (Phi) is 5.81. The molecule has 0 unspecified atom stereocenters. The second-order valence-corrected chi connectivity index (χ2v) is 6.09. The Morgan fingerprint density at radius 1 is 1.21 bits per heavy atom. The average molecular weight is 323 g/mol. The Balaban J connectivity index is 2.70. The Morgan fingerprint density at radius 3 is 2.38 bits per heavy atom. The molecule has 24 heavy (non-hydrogen) atoms. The maximum absolute atomic E-state index is 12.1. The van der Waals surface area contributed by atoms with E-state index < -0.39 is 0 Å². The lowest BCUT2D eigenvalue weighted by Gasteiger charge is -2.12. The maximum Gasteiger partial charge on any atom is 0.251 e. The number of rotatable bonds is 7. The first kappa shape index (κ1) is 17.8.